The second-order valence-electron chi connectivity index (χ2n) is 10.7. The Hall–Kier alpha value is 1.03. The Morgan fingerprint density at radius 1 is 0.593 bits per heavy atom. The van der Waals surface area contributed by atoms with Crippen LogP contribution in [-0.4, -0.2) is 36.9 Å². The van der Waals surface area contributed by atoms with E-state index < -0.39 is 52.1 Å². The second kappa shape index (κ2) is 8.28. The number of halogens is 2. The number of hydrogen-bond acceptors (Lipinski definition) is 6. The fourth-order valence-electron chi connectivity index (χ4n) is 3.90. The largest absolute Gasteiger partial charge is 0.406 e. The Morgan fingerprint density at radius 3 is 1.00 bits per heavy atom. The van der Waals surface area contributed by atoms with Gasteiger partial charge in [0.1, 0.15) is 0 Å². The van der Waals surface area contributed by atoms with E-state index in [9.17, 15) is 18.2 Å². The normalized spacial score (nSPS) is 15.9. The van der Waals surface area contributed by atoms with Gasteiger partial charge in [-0.2, -0.15) is 0 Å². The standard InChI is InChI=1S/C13H36F2O6P2Si4/c1-24(2,3)13(25(4,5)6,22(16,18-14)19-15)23(17,20-26(7,8)9)21-27(10,11)12/h1-12H3. The highest BCUT2D eigenvalue weighted by Gasteiger charge is 2.78. The Morgan fingerprint density at radius 2 is 0.852 bits per heavy atom. The Bertz CT molecular complexity index is 580. The molecule has 0 saturated heterocycles. The van der Waals surface area contributed by atoms with E-state index in [4.69, 9.17) is 8.43 Å². The fourth-order valence-corrected chi connectivity index (χ4v) is 37.8. The van der Waals surface area contributed by atoms with Crippen LogP contribution in [0.4, 0.5) is 9.05 Å². The van der Waals surface area contributed by atoms with Crippen molar-refractivity contribution in [2.75, 3.05) is 0 Å². The molecule has 27 heavy (non-hydrogen) atoms. The van der Waals surface area contributed by atoms with E-state index in [0.29, 0.717) is 0 Å². The second-order valence-corrected chi connectivity index (χ2v) is 37.3. The van der Waals surface area contributed by atoms with Crippen LogP contribution in [0.3, 0.4) is 0 Å². The van der Waals surface area contributed by atoms with Gasteiger partial charge < -0.3 is 8.43 Å². The van der Waals surface area contributed by atoms with Crippen LogP contribution in [0.2, 0.25) is 78.6 Å². The number of hydrogen-bond donors (Lipinski definition) is 0. The molecule has 0 amide bonds. The smallest absolute Gasteiger partial charge is 0.351 e. The molecule has 0 radical (unpaired) electrons. The van der Waals surface area contributed by atoms with Crippen LogP contribution in [0.5, 0.6) is 0 Å². The van der Waals surface area contributed by atoms with Crippen molar-refractivity contribution < 1.29 is 36.1 Å². The summed E-state index contributed by atoms with van der Waals surface area (Å²) in [5, 5.41) is 0. The first-order valence-electron chi connectivity index (χ1n) is 8.76. The van der Waals surface area contributed by atoms with Crippen LogP contribution >= 0.6 is 15.2 Å². The van der Waals surface area contributed by atoms with E-state index in [-0.39, 0.29) is 0 Å². The van der Waals surface area contributed by atoms with Gasteiger partial charge in [-0.1, -0.05) is 39.3 Å². The lowest BCUT2D eigenvalue weighted by atomic mass is 11.7. The van der Waals surface area contributed by atoms with Crippen LogP contribution in [0.15, 0.2) is 0 Å². The van der Waals surface area contributed by atoms with Crippen molar-refractivity contribution in [3.63, 3.8) is 0 Å². The maximum absolute atomic E-state index is 14.6. The van der Waals surface area contributed by atoms with Gasteiger partial charge in [0.05, 0.1) is 16.1 Å². The summed E-state index contributed by atoms with van der Waals surface area (Å²) >= 11 is 0. The lowest BCUT2D eigenvalue weighted by Gasteiger charge is -2.55. The van der Waals surface area contributed by atoms with E-state index in [1.807, 2.05) is 0 Å². The SMILES string of the molecule is C[Si](C)(C)OP(=O)(O[Si](C)(C)C)C([Si](C)(C)C)([Si](C)(C)C)P(=O)(OF)OF. The van der Waals surface area contributed by atoms with E-state index in [0.717, 1.165) is 0 Å². The molecule has 0 rings (SSSR count). The zero-order chi connectivity index (χ0) is 22.3. The predicted octanol–water partition coefficient (Wildman–Crippen LogP) is 7.33. The van der Waals surface area contributed by atoms with Gasteiger partial charge in [0.15, 0.2) is 20.8 Å². The highest BCUT2D eigenvalue weighted by molar-refractivity contribution is 7.84. The first-order valence-corrected chi connectivity index (χ1v) is 25.7. The summed E-state index contributed by atoms with van der Waals surface area (Å²) < 4.78 is 73.0. The fraction of sp³-hybridized carbons (Fsp3) is 1.00. The van der Waals surface area contributed by atoms with Gasteiger partial charge in [-0.25, -0.2) is 0 Å². The maximum Gasteiger partial charge on any atom is 0.406 e. The van der Waals surface area contributed by atoms with Crippen LogP contribution in [0.25, 0.3) is 0 Å². The Balaban J connectivity index is 7.52. The molecule has 0 aliphatic heterocycles. The molecule has 0 fully saturated rings. The first-order chi connectivity index (χ1) is 11.5. The van der Waals surface area contributed by atoms with Crippen molar-refractivity contribution >= 4 is 48.0 Å². The topological polar surface area (TPSA) is 71.1 Å². The minimum absolute atomic E-state index is 1.74. The van der Waals surface area contributed by atoms with Gasteiger partial charge in [-0.3, -0.25) is 9.13 Å². The molecular formula is C13H36F2O6P2Si4. The van der Waals surface area contributed by atoms with E-state index in [1.165, 1.54) is 0 Å². The average molecular weight is 501 g/mol. The molecule has 0 aromatic carbocycles. The first kappa shape index (κ1) is 28.0. The van der Waals surface area contributed by atoms with Crippen molar-refractivity contribution in [1.29, 1.82) is 0 Å². The van der Waals surface area contributed by atoms with Crippen molar-refractivity contribution in [3.8, 4) is 0 Å². The van der Waals surface area contributed by atoms with Gasteiger partial charge in [0, 0.05) is 0 Å². The molecule has 0 aliphatic carbocycles. The highest BCUT2D eigenvalue weighted by Crippen LogP contribution is 2.84. The minimum Gasteiger partial charge on any atom is -0.351 e. The molecule has 0 aromatic rings. The molecule has 0 aromatic heterocycles. The van der Waals surface area contributed by atoms with Gasteiger partial charge in [-0.05, 0) is 48.3 Å². The van der Waals surface area contributed by atoms with Gasteiger partial charge >= 0.3 is 15.2 Å². The maximum atomic E-state index is 14.6. The van der Waals surface area contributed by atoms with Crippen molar-refractivity contribution in [1.82, 2.24) is 0 Å². The summed E-state index contributed by atoms with van der Waals surface area (Å²) in [5.41, 5.74) is 0. The van der Waals surface area contributed by atoms with E-state index in [2.05, 4.69) is 9.46 Å². The van der Waals surface area contributed by atoms with Gasteiger partial charge in [0.25, 0.3) is 0 Å². The summed E-state index contributed by atoms with van der Waals surface area (Å²) in [6.45, 7) is 21.2. The summed E-state index contributed by atoms with van der Waals surface area (Å²) in [7, 11) is -20.6. The molecule has 0 bridgehead atoms. The quantitative estimate of drug-likeness (QED) is 0.231. The molecule has 0 atom stereocenters. The van der Waals surface area contributed by atoms with Crippen molar-refractivity contribution in [2.45, 2.75) is 82.7 Å². The van der Waals surface area contributed by atoms with Gasteiger partial charge in [0.2, 0.25) is 0 Å². The molecule has 164 valence electrons. The summed E-state index contributed by atoms with van der Waals surface area (Å²) in [4.78, 5) is 0. The van der Waals surface area contributed by atoms with Crippen LogP contribution in [0, 0.1) is 0 Å². The van der Waals surface area contributed by atoms with E-state index in [1.54, 1.807) is 78.6 Å². The third-order valence-corrected chi connectivity index (χ3v) is 33.6. The third-order valence-electron chi connectivity index (χ3n) is 3.85. The zero-order valence-electron chi connectivity index (χ0n) is 18.6. The van der Waals surface area contributed by atoms with Crippen LogP contribution in [0.1, 0.15) is 0 Å². The summed E-state index contributed by atoms with van der Waals surface area (Å²) in [6, 6.07) is 0. The molecule has 0 N–H and O–H groups in total. The Labute approximate surface area is 166 Å². The molecule has 0 saturated carbocycles. The predicted molar refractivity (Wildman–Crippen MR) is 118 cm³/mol. The molecule has 6 nitrogen and oxygen atoms in total. The van der Waals surface area contributed by atoms with Crippen LogP contribution < -0.4 is 0 Å². The van der Waals surface area contributed by atoms with E-state index >= 15 is 0 Å². The molecule has 0 heterocycles. The monoisotopic (exact) mass is 500 g/mol. The van der Waals surface area contributed by atoms with Gasteiger partial charge in [-0.15, -0.1) is 9.46 Å². The van der Waals surface area contributed by atoms with Crippen LogP contribution in [-0.2, 0) is 27.0 Å². The lowest BCUT2D eigenvalue weighted by molar-refractivity contribution is -0.0887. The molecular weight excluding hydrogens is 464 g/mol. The number of rotatable bonds is 10. The van der Waals surface area contributed by atoms with Crippen molar-refractivity contribution in [3.05, 3.63) is 0 Å². The molecule has 14 heteroatoms. The Kier molecular flexibility index (Phi) is 8.59. The molecule has 0 unspecified atom stereocenters. The summed E-state index contributed by atoms with van der Waals surface area (Å²) in [6.07, 6.45) is 0. The zero-order valence-corrected chi connectivity index (χ0v) is 24.4. The van der Waals surface area contributed by atoms with Crippen molar-refractivity contribution in [2.24, 2.45) is 0 Å². The minimum atomic E-state index is -5.14. The highest BCUT2D eigenvalue weighted by atomic mass is 31.2. The average Bonchev–Trinajstić information content (AvgIpc) is 2.29. The lowest BCUT2D eigenvalue weighted by Crippen LogP contribution is -2.67. The molecule has 0 aliphatic rings. The third kappa shape index (κ3) is 5.59. The molecule has 0 spiro atoms. The summed E-state index contributed by atoms with van der Waals surface area (Å²) in [5.74, 6) is 0.